The highest BCUT2D eigenvalue weighted by Crippen LogP contribution is 2.22. The summed E-state index contributed by atoms with van der Waals surface area (Å²) in [5, 5.41) is 13.7. The van der Waals surface area contributed by atoms with E-state index in [2.05, 4.69) is 16.4 Å². The fourth-order valence-electron chi connectivity index (χ4n) is 1.65. The van der Waals surface area contributed by atoms with Gasteiger partial charge in [-0.1, -0.05) is 12.1 Å². The molecule has 0 amide bonds. The van der Waals surface area contributed by atoms with Crippen LogP contribution in [0.2, 0.25) is 0 Å². The van der Waals surface area contributed by atoms with Gasteiger partial charge < -0.3 is 10.4 Å². The number of para-hydroxylation sites is 1. The standard InChI is InChI=1S/C12H16N2OS/c1-13-8-9(15)6-7-12-14-10-4-2-3-5-11(10)16-12/h2-5,9,13,15H,6-8H2,1H3. The van der Waals surface area contributed by atoms with Crippen molar-refractivity contribution in [3.8, 4) is 0 Å². The van der Waals surface area contributed by atoms with Crippen molar-refractivity contribution in [1.29, 1.82) is 0 Å². The van der Waals surface area contributed by atoms with Crippen LogP contribution in [0.4, 0.5) is 0 Å². The molecule has 0 fully saturated rings. The average molecular weight is 236 g/mol. The van der Waals surface area contributed by atoms with E-state index in [0.29, 0.717) is 6.54 Å². The lowest BCUT2D eigenvalue weighted by molar-refractivity contribution is 0.165. The fraction of sp³-hybridized carbons (Fsp3) is 0.417. The highest BCUT2D eigenvalue weighted by atomic mass is 32.1. The number of aliphatic hydroxyl groups excluding tert-OH is 1. The van der Waals surface area contributed by atoms with Gasteiger partial charge >= 0.3 is 0 Å². The van der Waals surface area contributed by atoms with Crippen molar-refractivity contribution in [1.82, 2.24) is 10.3 Å². The molecule has 0 aliphatic carbocycles. The van der Waals surface area contributed by atoms with E-state index in [9.17, 15) is 5.11 Å². The van der Waals surface area contributed by atoms with E-state index < -0.39 is 0 Å². The Labute approximate surface area is 99.1 Å². The number of aromatic nitrogens is 1. The van der Waals surface area contributed by atoms with Gasteiger partial charge in [0.2, 0.25) is 0 Å². The smallest absolute Gasteiger partial charge is 0.0939 e. The van der Waals surface area contributed by atoms with Crippen molar-refractivity contribution >= 4 is 21.6 Å². The van der Waals surface area contributed by atoms with E-state index in [1.54, 1.807) is 11.3 Å². The summed E-state index contributed by atoms with van der Waals surface area (Å²) in [7, 11) is 1.85. The van der Waals surface area contributed by atoms with Crippen LogP contribution in [0.15, 0.2) is 24.3 Å². The monoisotopic (exact) mass is 236 g/mol. The molecule has 16 heavy (non-hydrogen) atoms. The van der Waals surface area contributed by atoms with Gasteiger partial charge in [-0.05, 0) is 25.6 Å². The average Bonchev–Trinajstić information content (AvgIpc) is 2.69. The second kappa shape index (κ2) is 5.39. The van der Waals surface area contributed by atoms with Crippen molar-refractivity contribution in [2.45, 2.75) is 18.9 Å². The second-order valence-corrected chi connectivity index (χ2v) is 4.94. The second-order valence-electron chi connectivity index (χ2n) is 3.83. The van der Waals surface area contributed by atoms with Gasteiger partial charge in [-0.2, -0.15) is 0 Å². The summed E-state index contributed by atoms with van der Waals surface area (Å²) in [5.74, 6) is 0. The molecular formula is C12H16N2OS. The fourth-order valence-corrected chi connectivity index (χ4v) is 2.64. The molecular weight excluding hydrogens is 220 g/mol. The maximum atomic E-state index is 9.60. The van der Waals surface area contributed by atoms with Gasteiger partial charge in [0.25, 0.3) is 0 Å². The first-order chi connectivity index (χ1) is 7.79. The molecule has 0 radical (unpaired) electrons. The first-order valence-corrected chi connectivity index (χ1v) is 6.28. The van der Waals surface area contributed by atoms with E-state index >= 15 is 0 Å². The molecule has 1 heterocycles. The Hall–Kier alpha value is -0.970. The minimum Gasteiger partial charge on any atom is -0.392 e. The summed E-state index contributed by atoms with van der Waals surface area (Å²) in [6.45, 7) is 0.644. The number of nitrogens with one attached hydrogen (secondary N) is 1. The molecule has 1 atom stereocenters. The zero-order valence-corrected chi connectivity index (χ0v) is 10.1. The number of fused-ring (bicyclic) bond motifs is 1. The molecule has 0 aliphatic rings. The maximum absolute atomic E-state index is 9.60. The predicted molar refractivity (Wildman–Crippen MR) is 67.9 cm³/mol. The molecule has 2 rings (SSSR count). The molecule has 3 nitrogen and oxygen atoms in total. The van der Waals surface area contributed by atoms with Crippen molar-refractivity contribution in [3.05, 3.63) is 29.3 Å². The number of hydrogen-bond acceptors (Lipinski definition) is 4. The van der Waals surface area contributed by atoms with Gasteiger partial charge in [0.15, 0.2) is 0 Å². The third kappa shape index (κ3) is 2.78. The highest BCUT2D eigenvalue weighted by molar-refractivity contribution is 7.18. The Morgan fingerprint density at radius 2 is 2.25 bits per heavy atom. The van der Waals surface area contributed by atoms with Crippen LogP contribution >= 0.6 is 11.3 Å². The lowest BCUT2D eigenvalue weighted by Crippen LogP contribution is -2.23. The van der Waals surface area contributed by atoms with Gasteiger partial charge in [-0.3, -0.25) is 0 Å². The number of thiazole rings is 1. The van der Waals surface area contributed by atoms with E-state index in [1.807, 2.05) is 25.2 Å². The minimum atomic E-state index is -0.281. The van der Waals surface area contributed by atoms with Crippen LogP contribution in [-0.2, 0) is 6.42 Å². The number of benzene rings is 1. The summed E-state index contributed by atoms with van der Waals surface area (Å²) in [6.07, 6.45) is 1.33. The molecule has 4 heteroatoms. The molecule has 0 bridgehead atoms. The number of aliphatic hydroxyl groups is 1. The first-order valence-electron chi connectivity index (χ1n) is 5.46. The molecule has 86 valence electrons. The summed E-state index contributed by atoms with van der Waals surface area (Å²) in [6, 6.07) is 8.14. The highest BCUT2D eigenvalue weighted by Gasteiger charge is 2.06. The van der Waals surface area contributed by atoms with Crippen LogP contribution in [0.5, 0.6) is 0 Å². The normalized spacial score (nSPS) is 13.1. The lowest BCUT2D eigenvalue weighted by Gasteiger charge is -2.07. The summed E-state index contributed by atoms with van der Waals surface area (Å²) in [4.78, 5) is 4.53. The summed E-state index contributed by atoms with van der Waals surface area (Å²) >= 11 is 1.71. The third-order valence-electron chi connectivity index (χ3n) is 2.47. The molecule has 0 saturated heterocycles. The Morgan fingerprint density at radius 3 is 3.00 bits per heavy atom. The Bertz CT molecular complexity index is 422. The number of hydrogen-bond donors (Lipinski definition) is 2. The van der Waals surface area contributed by atoms with Gasteiger partial charge in [0, 0.05) is 13.0 Å². The van der Waals surface area contributed by atoms with Gasteiger partial charge in [-0.25, -0.2) is 4.98 Å². The molecule has 0 saturated carbocycles. The van der Waals surface area contributed by atoms with E-state index in [4.69, 9.17) is 0 Å². The molecule has 2 N–H and O–H groups in total. The molecule has 0 spiro atoms. The van der Waals surface area contributed by atoms with E-state index in [0.717, 1.165) is 23.4 Å². The number of aryl methyl sites for hydroxylation is 1. The largest absolute Gasteiger partial charge is 0.392 e. The molecule has 2 aromatic rings. The quantitative estimate of drug-likeness (QED) is 0.832. The lowest BCUT2D eigenvalue weighted by atomic mass is 10.2. The SMILES string of the molecule is CNCC(O)CCc1nc2ccccc2s1. The Kier molecular flexibility index (Phi) is 3.88. The van der Waals surface area contributed by atoms with Crippen molar-refractivity contribution in [3.63, 3.8) is 0 Å². The van der Waals surface area contributed by atoms with Crippen LogP contribution in [0.3, 0.4) is 0 Å². The van der Waals surface area contributed by atoms with E-state index in [-0.39, 0.29) is 6.10 Å². The molecule has 1 aromatic heterocycles. The topological polar surface area (TPSA) is 45.1 Å². The van der Waals surface area contributed by atoms with Crippen molar-refractivity contribution < 1.29 is 5.11 Å². The Morgan fingerprint density at radius 1 is 1.44 bits per heavy atom. The molecule has 0 aliphatic heterocycles. The van der Waals surface area contributed by atoms with Crippen molar-refractivity contribution in [2.24, 2.45) is 0 Å². The zero-order valence-electron chi connectivity index (χ0n) is 9.31. The predicted octanol–water partition coefficient (Wildman–Crippen LogP) is 1.81. The van der Waals surface area contributed by atoms with Crippen LogP contribution in [0, 0.1) is 0 Å². The number of rotatable bonds is 5. The summed E-state index contributed by atoms with van der Waals surface area (Å²) < 4.78 is 1.22. The molecule has 1 aromatic carbocycles. The van der Waals surface area contributed by atoms with Crippen molar-refractivity contribution in [2.75, 3.05) is 13.6 Å². The van der Waals surface area contributed by atoms with Crippen LogP contribution in [0.25, 0.3) is 10.2 Å². The number of nitrogens with zero attached hydrogens (tertiary/aromatic N) is 1. The first kappa shape index (κ1) is 11.5. The van der Waals surface area contributed by atoms with E-state index in [1.165, 1.54) is 4.70 Å². The molecule has 1 unspecified atom stereocenters. The maximum Gasteiger partial charge on any atom is 0.0939 e. The zero-order chi connectivity index (χ0) is 11.4. The summed E-state index contributed by atoms with van der Waals surface area (Å²) in [5.41, 5.74) is 1.06. The van der Waals surface area contributed by atoms with Crippen LogP contribution < -0.4 is 5.32 Å². The van der Waals surface area contributed by atoms with Crippen LogP contribution in [-0.4, -0.2) is 29.8 Å². The Balaban J connectivity index is 1.99. The minimum absolute atomic E-state index is 0.281. The van der Waals surface area contributed by atoms with Gasteiger partial charge in [0.05, 0.1) is 21.3 Å². The van der Waals surface area contributed by atoms with Gasteiger partial charge in [-0.15, -0.1) is 11.3 Å². The third-order valence-corrected chi connectivity index (χ3v) is 3.57. The number of likely N-dealkylation sites (N-methyl/N-ethyl adjacent to an activating group) is 1. The van der Waals surface area contributed by atoms with Gasteiger partial charge in [0.1, 0.15) is 0 Å². The van der Waals surface area contributed by atoms with Crippen LogP contribution in [0.1, 0.15) is 11.4 Å².